The van der Waals surface area contributed by atoms with Crippen LogP contribution in [0.4, 0.5) is 10.9 Å². The Morgan fingerprint density at radius 3 is 2.57 bits per heavy atom. The van der Waals surface area contributed by atoms with Gasteiger partial charge in [0.05, 0.1) is 11.4 Å². The molecule has 0 saturated heterocycles. The first-order chi connectivity index (χ1) is 14.1. The molecule has 4 N–H and O–H groups in total. The normalized spacial score (nSPS) is 15.8. The molecule has 30 heavy (non-hydrogen) atoms. The van der Waals surface area contributed by atoms with E-state index in [-0.39, 0.29) is 16.0 Å². The number of carbonyl (C=O) groups excluding carboxylic acids is 1. The van der Waals surface area contributed by atoms with Crippen molar-refractivity contribution < 1.29 is 13.2 Å². The standard InChI is InChI=1S/C20H21N5O3S2/c1-11-19(30(22,27)28)29-20(23-11)25(2)18(26)15-8-12-6-7-13(9-14(12)10-15)16-4-3-5-17(21)24-16/h3-7,9,15H,8,10H2,1-2H3,(H2,21,24)(H2,22,27,28)/t15-/m0/s1. The van der Waals surface area contributed by atoms with Gasteiger partial charge in [-0.1, -0.05) is 29.5 Å². The molecule has 2 aromatic heterocycles. The van der Waals surface area contributed by atoms with Crippen LogP contribution in [-0.4, -0.2) is 31.3 Å². The Kier molecular flexibility index (Phi) is 5.08. The second-order valence-electron chi connectivity index (χ2n) is 7.35. The molecular formula is C20H21N5O3S2. The third kappa shape index (κ3) is 3.81. The van der Waals surface area contributed by atoms with E-state index >= 15 is 0 Å². The second-order valence-corrected chi connectivity index (χ2v) is 10.1. The van der Waals surface area contributed by atoms with Crippen molar-refractivity contribution in [1.29, 1.82) is 0 Å². The minimum atomic E-state index is -3.87. The van der Waals surface area contributed by atoms with Gasteiger partial charge in [-0.15, -0.1) is 0 Å². The molecule has 1 aliphatic carbocycles. The maximum atomic E-state index is 13.1. The van der Waals surface area contributed by atoms with E-state index in [1.165, 1.54) is 4.90 Å². The Labute approximate surface area is 178 Å². The van der Waals surface area contributed by atoms with Gasteiger partial charge in [0, 0.05) is 18.5 Å². The second kappa shape index (κ2) is 7.46. The smallest absolute Gasteiger partial charge is 0.249 e. The van der Waals surface area contributed by atoms with E-state index in [4.69, 9.17) is 10.9 Å². The number of thiazole rings is 1. The largest absolute Gasteiger partial charge is 0.384 e. The minimum absolute atomic E-state index is 0.0221. The minimum Gasteiger partial charge on any atom is -0.384 e. The molecule has 0 fully saturated rings. The summed E-state index contributed by atoms with van der Waals surface area (Å²) in [5.41, 5.74) is 10.0. The zero-order chi connectivity index (χ0) is 21.6. The predicted octanol–water partition coefficient (Wildman–Crippen LogP) is 2.12. The third-order valence-electron chi connectivity index (χ3n) is 5.17. The number of amides is 1. The maximum Gasteiger partial charge on any atom is 0.249 e. The van der Waals surface area contributed by atoms with E-state index in [2.05, 4.69) is 16.0 Å². The summed E-state index contributed by atoms with van der Waals surface area (Å²) in [5, 5.41) is 5.55. The van der Waals surface area contributed by atoms with Crippen LogP contribution in [0.3, 0.4) is 0 Å². The van der Waals surface area contributed by atoms with Crippen molar-refractivity contribution in [3.63, 3.8) is 0 Å². The first kappa shape index (κ1) is 20.5. The molecule has 10 heteroatoms. The molecule has 4 rings (SSSR count). The Morgan fingerprint density at radius 1 is 1.17 bits per heavy atom. The van der Waals surface area contributed by atoms with Crippen molar-refractivity contribution in [2.45, 2.75) is 24.0 Å². The van der Waals surface area contributed by atoms with Crippen LogP contribution in [0.15, 0.2) is 40.6 Å². The third-order valence-corrected chi connectivity index (χ3v) is 7.96. The van der Waals surface area contributed by atoms with Gasteiger partial charge >= 0.3 is 0 Å². The first-order valence-corrected chi connectivity index (χ1v) is 11.6. The van der Waals surface area contributed by atoms with Crippen LogP contribution in [0.1, 0.15) is 16.8 Å². The van der Waals surface area contributed by atoms with E-state index in [0.717, 1.165) is 33.7 Å². The van der Waals surface area contributed by atoms with Gasteiger partial charge in [0.2, 0.25) is 15.9 Å². The van der Waals surface area contributed by atoms with Crippen molar-refractivity contribution in [2.75, 3.05) is 17.7 Å². The number of primary sulfonamides is 1. The number of sulfonamides is 1. The van der Waals surface area contributed by atoms with Crippen LogP contribution < -0.4 is 15.8 Å². The molecule has 1 aromatic carbocycles. The summed E-state index contributed by atoms with van der Waals surface area (Å²) < 4.78 is 23.3. The van der Waals surface area contributed by atoms with Crippen molar-refractivity contribution in [3.8, 4) is 11.3 Å². The number of anilines is 2. The molecule has 1 atom stereocenters. The van der Waals surface area contributed by atoms with Crippen molar-refractivity contribution in [1.82, 2.24) is 9.97 Å². The number of aryl methyl sites for hydroxylation is 1. The average molecular weight is 444 g/mol. The van der Waals surface area contributed by atoms with Gasteiger partial charge in [-0.3, -0.25) is 9.69 Å². The number of hydrogen-bond acceptors (Lipinski definition) is 7. The number of nitrogen functional groups attached to an aromatic ring is 1. The number of pyridine rings is 1. The van der Waals surface area contributed by atoms with E-state index in [0.29, 0.717) is 29.5 Å². The van der Waals surface area contributed by atoms with Gasteiger partial charge in [0.1, 0.15) is 5.82 Å². The summed E-state index contributed by atoms with van der Waals surface area (Å²) >= 11 is 0.908. The number of hydrogen-bond donors (Lipinski definition) is 2. The first-order valence-electron chi connectivity index (χ1n) is 9.26. The van der Waals surface area contributed by atoms with Crippen LogP contribution >= 0.6 is 11.3 Å². The molecule has 3 aromatic rings. The summed E-state index contributed by atoms with van der Waals surface area (Å²) in [4.78, 5) is 23.1. The zero-order valence-electron chi connectivity index (χ0n) is 16.5. The van der Waals surface area contributed by atoms with Crippen LogP contribution in [0.25, 0.3) is 11.3 Å². The molecule has 2 heterocycles. The highest BCUT2D eigenvalue weighted by Gasteiger charge is 2.32. The summed E-state index contributed by atoms with van der Waals surface area (Å²) in [5.74, 6) is 0.112. The summed E-state index contributed by atoms with van der Waals surface area (Å²) in [6.45, 7) is 1.56. The molecule has 156 valence electrons. The van der Waals surface area contributed by atoms with E-state index < -0.39 is 10.0 Å². The Morgan fingerprint density at radius 2 is 1.90 bits per heavy atom. The number of benzene rings is 1. The number of aromatic nitrogens is 2. The fraction of sp³-hybridized carbons (Fsp3) is 0.250. The molecular weight excluding hydrogens is 422 g/mol. The lowest BCUT2D eigenvalue weighted by molar-refractivity contribution is -0.121. The number of fused-ring (bicyclic) bond motifs is 1. The molecule has 0 radical (unpaired) electrons. The molecule has 0 saturated carbocycles. The van der Waals surface area contributed by atoms with Crippen molar-refractivity contribution in [3.05, 3.63) is 53.2 Å². The number of carbonyl (C=O) groups is 1. The van der Waals surface area contributed by atoms with Gasteiger partial charge in [0.25, 0.3) is 0 Å². The number of nitrogens with two attached hydrogens (primary N) is 2. The predicted molar refractivity (Wildman–Crippen MR) is 117 cm³/mol. The van der Waals surface area contributed by atoms with Crippen molar-refractivity contribution >= 4 is 38.2 Å². The molecule has 0 spiro atoms. The van der Waals surface area contributed by atoms with Gasteiger partial charge in [-0.05, 0) is 49.1 Å². The van der Waals surface area contributed by atoms with Crippen LogP contribution in [-0.2, 0) is 27.7 Å². The lowest BCUT2D eigenvalue weighted by Crippen LogP contribution is -2.33. The van der Waals surface area contributed by atoms with Crippen LogP contribution in [0.5, 0.6) is 0 Å². The topological polar surface area (TPSA) is 132 Å². The summed E-state index contributed by atoms with van der Waals surface area (Å²) in [6, 6.07) is 11.6. The SMILES string of the molecule is Cc1nc(N(C)C(=O)[C@H]2Cc3ccc(-c4cccc(N)n4)cc3C2)sc1S(N)(=O)=O. The zero-order valence-corrected chi connectivity index (χ0v) is 18.1. The fourth-order valence-corrected chi connectivity index (χ4v) is 5.62. The Balaban J connectivity index is 1.55. The number of rotatable bonds is 4. The average Bonchev–Trinajstić information content (AvgIpc) is 3.29. The molecule has 1 aliphatic rings. The molecule has 0 unspecified atom stereocenters. The summed E-state index contributed by atoms with van der Waals surface area (Å²) in [6.07, 6.45) is 1.22. The van der Waals surface area contributed by atoms with Gasteiger partial charge in [-0.25, -0.2) is 23.5 Å². The molecule has 0 aliphatic heterocycles. The lowest BCUT2D eigenvalue weighted by Gasteiger charge is -2.18. The monoisotopic (exact) mass is 443 g/mol. The molecule has 1 amide bonds. The van der Waals surface area contributed by atoms with Gasteiger partial charge in [-0.2, -0.15) is 0 Å². The van der Waals surface area contributed by atoms with E-state index in [9.17, 15) is 13.2 Å². The maximum absolute atomic E-state index is 13.1. The fourth-order valence-electron chi connectivity index (χ4n) is 3.71. The molecule has 0 bridgehead atoms. The highest BCUT2D eigenvalue weighted by atomic mass is 32.2. The Hall–Kier alpha value is -2.82. The van der Waals surface area contributed by atoms with Crippen LogP contribution in [0.2, 0.25) is 0 Å². The Bertz CT molecular complexity index is 1250. The van der Waals surface area contributed by atoms with E-state index in [1.807, 2.05) is 24.3 Å². The van der Waals surface area contributed by atoms with Gasteiger partial charge < -0.3 is 5.73 Å². The lowest BCUT2D eigenvalue weighted by atomic mass is 10.0. The molecule has 8 nitrogen and oxygen atoms in total. The highest BCUT2D eigenvalue weighted by molar-refractivity contribution is 7.91. The summed E-state index contributed by atoms with van der Waals surface area (Å²) in [7, 11) is -2.26. The quantitative estimate of drug-likeness (QED) is 0.635. The van der Waals surface area contributed by atoms with Gasteiger partial charge in [0.15, 0.2) is 9.34 Å². The van der Waals surface area contributed by atoms with E-state index in [1.54, 1.807) is 20.0 Å². The van der Waals surface area contributed by atoms with Crippen molar-refractivity contribution in [2.24, 2.45) is 11.1 Å². The number of nitrogens with zero attached hydrogens (tertiary/aromatic N) is 3. The highest BCUT2D eigenvalue weighted by Crippen LogP contribution is 2.34. The van der Waals surface area contributed by atoms with Crippen LogP contribution in [0, 0.1) is 12.8 Å².